The summed E-state index contributed by atoms with van der Waals surface area (Å²) in [6.45, 7) is 17.0. The fraction of sp³-hybridized carbons (Fsp3) is 0.467. The molecule has 3 aromatic carbocycles. The lowest BCUT2D eigenvalue weighted by Gasteiger charge is -2.40. The van der Waals surface area contributed by atoms with E-state index in [0.717, 1.165) is 113 Å². The fourth-order valence-corrected chi connectivity index (χ4v) is 10.3. The number of carbonyl (C=O) groups excluding carboxylic acids is 5. The minimum atomic E-state index is -0.972. The Balaban J connectivity index is 0.715. The van der Waals surface area contributed by atoms with E-state index < -0.39 is 29.7 Å². The van der Waals surface area contributed by atoms with Crippen molar-refractivity contribution in [2.24, 2.45) is 11.3 Å². The first-order valence-corrected chi connectivity index (χ1v) is 21.3. The molecule has 306 valence electrons. The van der Waals surface area contributed by atoms with Crippen molar-refractivity contribution in [1.29, 1.82) is 0 Å². The number of benzene rings is 3. The van der Waals surface area contributed by atoms with Crippen molar-refractivity contribution < 1.29 is 24.0 Å². The minimum absolute atomic E-state index is 0.0917. The standard InChI is InChI=1S/C45H49ClN8O5/c1-47-38-9-7-34(27-37(38)46)51-19-14-45(15-20-51)16-21-53(29-45)32-4-2-31(3-5-32)42(57)52-24-22-49(23-25-52)28-30-12-17-50(18-13-30)33-6-8-35-36(26-33)44(59)54(43(35)58)39-10-11-40(55)48-41(39)56/h2-9,26-27,30,39H,10-25,28-29H2,(H,48,55,56). The van der Waals surface area contributed by atoms with Gasteiger partial charge in [-0.1, -0.05) is 17.7 Å². The zero-order valence-electron chi connectivity index (χ0n) is 33.2. The number of hydrogen-bond acceptors (Lipinski definition) is 9. The second kappa shape index (κ2) is 16.0. The SMILES string of the molecule is [C-]#[N+]c1ccc(N2CCC3(CC2)CCN(c2ccc(C(=O)N4CCN(CC5CCN(c6ccc7c(c6)C(=O)N(C6CCC(=O)NC6=O)C7=O)CC5)CC4)cc2)C3)cc1Cl. The number of amides is 5. The number of fused-ring (bicyclic) bond motifs is 1. The highest BCUT2D eigenvalue weighted by atomic mass is 35.5. The predicted octanol–water partition coefficient (Wildman–Crippen LogP) is 5.46. The second-order valence-corrected chi connectivity index (χ2v) is 17.6. The third kappa shape index (κ3) is 7.64. The van der Waals surface area contributed by atoms with E-state index in [-0.39, 0.29) is 18.7 Å². The van der Waals surface area contributed by atoms with Crippen molar-refractivity contribution in [3.05, 3.63) is 93.8 Å². The van der Waals surface area contributed by atoms with Crippen LogP contribution in [0.1, 0.15) is 76.0 Å². The van der Waals surface area contributed by atoms with Crippen molar-refractivity contribution >= 4 is 63.9 Å². The summed E-state index contributed by atoms with van der Waals surface area (Å²) in [7, 11) is 0. The highest BCUT2D eigenvalue weighted by Gasteiger charge is 2.45. The number of piperazine rings is 1. The molecule has 1 spiro atoms. The first kappa shape index (κ1) is 39.0. The average Bonchev–Trinajstić information content (AvgIpc) is 3.78. The Morgan fingerprint density at radius 2 is 1.36 bits per heavy atom. The molecule has 14 heteroatoms. The van der Waals surface area contributed by atoms with Gasteiger partial charge >= 0.3 is 0 Å². The zero-order valence-corrected chi connectivity index (χ0v) is 34.0. The maximum atomic E-state index is 13.6. The molecule has 0 aromatic heterocycles. The third-order valence-electron chi connectivity index (χ3n) is 13.7. The lowest BCUT2D eigenvalue weighted by Crippen LogP contribution is -2.54. The van der Waals surface area contributed by atoms with Gasteiger partial charge in [0.05, 0.1) is 17.7 Å². The van der Waals surface area contributed by atoms with Crippen molar-refractivity contribution in [2.75, 3.05) is 86.7 Å². The molecular weight excluding hydrogens is 768 g/mol. The maximum Gasteiger partial charge on any atom is 0.262 e. The molecule has 5 amide bonds. The lowest BCUT2D eigenvalue weighted by atomic mass is 9.77. The summed E-state index contributed by atoms with van der Waals surface area (Å²) in [5.74, 6) is -1.35. The molecule has 0 aliphatic carbocycles. The molecule has 0 saturated carbocycles. The molecule has 1 atom stereocenters. The topological polar surface area (TPSA) is 121 Å². The summed E-state index contributed by atoms with van der Waals surface area (Å²) in [5.41, 5.74) is 5.28. The Morgan fingerprint density at radius 3 is 2.03 bits per heavy atom. The van der Waals surface area contributed by atoms with Crippen LogP contribution in [-0.4, -0.2) is 122 Å². The molecule has 6 heterocycles. The van der Waals surface area contributed by atoms with E-state index in [2.05, 4.69) is 41.9 Å². The first-order chi connectivity index (χ1) is 28.6. The normalized spacial score (nSPS) is 22.6. The van der Waals surface area contributed by atoms with Gasteiger partial charge in [-0.3, -0.25) is 39.1 Å². The number of halogens is 1. The van der Waals surface area contributed by atoms with Gasteiger partial charge in [-0.25, -0.2) is 4.85 Å². The van der Waals surface area contributed by atoms with E-state index in [4.69, 9.17) is 18.2 Å². The predicted molar refractivity (Wildman–Crippen MR) is 225 cm³/mol. The van der Waals surface area contributed by atoms with Crippen molar-refractivity contribution in [3.63, 3.8) is 0 Å². The van der Waals surface area contributed by atoms with Gasteiger partial charge < -0.3 is 19.6 Å². The van der Waals surface area contributed by atoms with Crippen LogP contribution in [0, 0.1) is 17.9 Å². The van der Waals surface area contributed by atoms with Crippen LogP contribution in [0.15, 0.2) is 60.7 Å². The maximum absolute atomic E-state index is 13.6. The second-order valence-electron chi connectivity index (χ2n) is 17.2. The van der Waals surface area contributed by atoms with Gasteiger partial charge in [0.25, 0.3) is 17.7 Å². The van der Waals surface area contributed by atoms with Crippen LogP contribution in [0.2, 0.25) is 5.02 Å². The van der Waals surface area contributed by atoms with Crippen LogP contribution in [-0.2, 0) is 9.59 Å². The fourth-order valence-electron chi connectivity index (χ4n) is 10.1. The highest BCUT2D eigenvalue weighted by Crippen LogP contribution is 2.43. The summed E-state index contributed by atoms with van der Waals surface area (Å²) in [6, 6.07) is 18.3. The Bertz CT molecular complexity index is 2220. The molecule has 3 aromatic rings. The Labute approximate surface area is 349 Å². The molecule has 0 radical (unpaired) electrons. The van der Waals surface area contributed by atoms with Crippen LogP contribution in [0.25, 0.3) is 4.85 Å². The zero-order chi connectivity index (χ0) is 40.8. The Morgan fingerprint density at radius 1 is 0.729 bits per heavy atom. The largest absolute Gasteiger partial charge is 0.372 e. The van der Waals surface area contributed by atoms with Gasteiger partial charge in [-0.2, -0.15) is 0 Å². The number of rotatable bonds is 7. The van der Waals surface area contributed by atoms with E-state index >= 15 is 0 Å². The minimum Gasteiger partial charge on any atom is -0.372 e. The van der Waals surface area contributed by atoms with Crippen LogP contribution in [0.4, 0.5) is 22.7 Å². The molecule has 6 aliphatic rings. The summed E-state index contributed by atoms with van der Waals surface area (Å²) >= 11 is 6.33. The summed E-state index contributed by atoms with van der Waals surface area (Å²) < 4.78 is 0. The van der Waals surface area contributed by atoms with E-state index in [0.29, 0.717) is 46.3 Å². The third-order valence-corrected chi connectivity index (χ3v) is 14.0. The molecule has 59 heavy (non-hydrogen) atoms. The number of hydrogen-bond donors (Lipinski definition) is 1. The van der Waals surface area contributed by atoms with Crippen molar-refractivity contribution in [1.82, 2.24) is 20.0 Å². The number of nitrogens with zero attached hydrogens (tertiary/aromatic N) is 7. The molecule has 9 rings (SSSR count). The average molecular weight is 817 g/mol. The Hall–Kier alpha value is -5.45. The lowest BCUT2D eigenvalue weighted by molar-refractivity contribution is -0.136. The van der Waals surface area contributed by atoms with Gasteiger partial charge in [0.1, 0.15) is 6.04 Å². The van der Waals surface area contributed by atoms with E-state index in [1.54, 1.807) is 12.1 Å². The summed E-state index contributed by atoms with van der Waals surface area (Å²) in [6.07, 6.45) is 5.63. The van der Waals surface area contributed by atoms with Crippen LogP contribution in [0.5, 0.6) is 0 Å². The van der Waals surface area contributed by atoms with Crippen LogP contribution < -0.4 is 20.0 Å². The number of piperidine rings is 3. The molecular formula is C45H49ClN8O5. The highest BCUT2D eigenvalue weighted by molar-refractivity contribution is 6.33. The molecule has 1 unspecified atom stereocenters. The molecule has 6 aliphatic heterocycles. The number of carbonyl (C=O) groups is 5. The number of nitrogens with one attached hydrogen (secondary N) is 1. The van der Waals surface area contributed by atoms with E-state index in [1.165, 1.54) is 5.69 Å². The molecule has 0 bridgehead atoms. The number of imide groups is 2. The van der Waals surface area contributed by atoms with Crippen molar-refractivity contribution in [2.45, 2.75) is 51.0 Å². The molecule has 1 N–H and O–H groups in total. The molecule has 5 saturated heterocycles. The van der Waals surface area contributed by atoms with E-state index in [1.807, 2.05) is 41.3 Å². The molecule has 13 nitrogen and oxygen atoms in total. The van der Waals surface area contributed by atoms with Gasteiger partial charge in [0.2, 0.25) is 17.5 Å². The van der Waals surface area contributed by atoms with Crippen molar-refractivity contribution in [3.8, 4) is 0 Å². The smallest absolute Gasteiger partial charge is 0.262 e. The summed E-state index contributed by atoms with van der Waals surface area (Å²) in [4.78, 5) is 80.2. The van der Waals surface area contributed by atoms with Gasteiger partial charge in [0, 0.05) is 106 Å². The molecule has 5 fully saturated rings. The quantitative estimate of drug-likeness (QED) is 0.245. The van der Waals surface area contributed by atoms with Gasteiger partial charge in [0.15, 0.2) is 0 Å². The monoisotopic (exact) mass is 816 g/mol. The van der Waals surface area contributed by atoms with Gasteiger partial charge in [-0.15, -0.1) is 0 Å². The number of anilines is 3. The summed E-state index contributed by atoms with van der Waals surface area (Å²) in [5, 5.41) is 2.76. The van der Waals surface area contributed by atoms with Gasteiger partial charge in [-0.05, 0) is 104 Å². The Kier molecular flexibility index (Phi) is 10.6. The van der Waals surface area contributed by atoms with Crippen LogP contribution >= 0.6 is 11.6 Å². The van der Waals surface area contributed by atoms with E-state index in [9.17, 15) is 24.0 Å². The first-order valence-electron chi connectivity index (χ1n) is 21.0. The van der Waals surface area contributed by atoms with Crippen LogP contribution in [0.3, 0.4) is 0 Å².